The highest BCUT2D eigenvalue weighted by Gasteiger charge is 2.42. The minimum Gasteiger partial charge on any atom is -0.480 e. The van der Waals surface area contributed by atoms with Crippen molar-refractivity contribution in [3.63, 3.8) is 0 Å². The van der Waals surface area contributed by atoms with Crippen molar-refractivity contribution in [2.24, 2.45) is 5.92 Å². The number of carboxylic acid groups (broad SMARTS) is 1. The number of aliphatic carboxylic acids is 1. The fourth-order valence-corrected chi connectivity index (χ4v) is 6.96. The first kappa shape index (κ1) is 33.1. The Kier molecular flexibility index (Phi) is 10.1. The molecule has 9 nitrogen and oxygen atoms in total. The topological polar surface area (TPSA) is 107 Å². The van der Waals surface area contributed by atoms with Gasteiger partial charge in [-0.05, 0) is 60.3 Å². The number of ether oxygens (including phenoxy) is 1. The third-order valence-corrected chi connectivity index (χ3v) is 9.53. The Labute approximate surface area is 267 Å². The summed E-state index contributed by atoms with van der Waals surface area (Å²) in [7, 11) is 2.85. The second-order valence-corrected chi connectivity index (χ2v) is 12.6. The van der Waals surface area contributed by atoms with Crippen molar-refractivity contribution >= 4 is 23.9 Å². The van der Waals surface area contributed by atoms with Crippen molar-refractivity contribution < 1.29 is 37.8 Å². The number of rotatable bonds is 9. The van der Waals surface area contributed by atoms with Crippen molar-refractivity contribution in [3.05, 3.63) is 71.8 Å². The zero-order valence-corrected chi connectivity index (χ0v) is 26.2. The summed E-state index contributed by atoms with van der Waals surface area (Å²) in [5.41, 5.74) is 4.30. The Balaban J connectivity index is 1.33. The van der Waals surface area contributed by atoms with Gasteiger partial charge < -0.3 is 19.6 Å². The number of fused-ring (bicyclic) bond motifs is 3. The number of likely N-dealkylation sites (N-methyl/N-ethyl adjacent to an activating group) is 2. The van der Waals surface area contributed by atoms with Gasteiger partial charge in [-0.2, -0.15) is 0 Å². The number of carbonyl (C=O) groups excluding carboxylic acids is 3. The minimum absolute atomic E-state index is 0.0745. The number of amides is 3. The Hall–Kier alpha value is -4.28. The van der Waals surface area contributed by atoms with Crippen LogP contribution in [0.5, 0.6) is 0 Å². The summed E-state index contributed by atoms with van der Waals surface area (Å²) in [6, 6.07) is 13.9. The van der Waals surface area contributed by atoms with Crippen LogP contribution in [0.1, 0.15) is 62.0 Å². The third kappa shape index (κ3) is 7.24. The first-order valence-electron chi connectivity index (χ1n) is 15.8. The molecule has 3 amide bonds. The average Bonchev–Trinajstić information content (AvgIpc) is 3.34. The molecule has 46 heavy (non-hydrogen) atoms. The van der Waals surface area contributed by atoms with E-state index < -0.39 is 48.4 Å². The summed E-state index contributed by atoms with van der Waals surface area (Å²) in [4.78, 5) is 56.5. The average molecular weight is 638 g/mol. The van der Waals surface area contributed by atoms with Crippen LogP contribution < -0.4 is 0 Å². The lowest BCUT2D eigenvalue weighted by atomic mass is 9.82. The predicted molar refractivity (Wildman–Crippen MR) is 167 cm³/mol. The number of benzene rings is 2. The Morgan fingerprint density at radius 3 is 2.22 bits per heavy atom. The summed E-state index contributed by atoms with van der Waals surface area (Å²) < 4.78 is 33.7. The monoisotopic (exact) mass is 637 g/mol. The standard InChI is InChI=1S/C35H41F2N3O6/c1-38(21-31(41)42)32(43)30(20-23-15-17-35(36,37)18-16-23)40-19-9-3-4-14-29(33(40)44)39(2)34(45)46-22-28-26-12-7-5-10-24(26)25-11-6-8-13-27(25)28/h3-8,10-13,23,28-30H,9,14-22H2,1-2H3,(H,41,42)/t29-,30-/m0/s1. The number of alkyl halides is 2. The number of carbonyl (C=O) groups is 4. The second kappa shape index (κ2) is 14.0. The molecule has 1 fully saturated rings. The Bertz CT molecular complexity index is 1440. The van der Waals surface area contributed by atoms with E-state index in [1.54, 1.807) is 0 Å². The molecule has 5 rings (SSSR count). The Morgan fingerprint density at radius 2 is 1.61 bits per heavy atom. The van der Waals surface area contributed by atoms with E-state index >= 15 is 0 Å². The van der Waals surface area contributed by atoms with Gasteiger partial charge in [-0.3, -0.25) is 19.3 Å². The molecule has 0 radical (unpaired) electrons. The van der Waals surface area contributed by atoms with Crippen LogP contribution in [0, 0.1) is 5.92 Å². The van der Waals surface area contributed by atoms with Crippen molar-refractivity contribution in [1.82, 2.24) is 14.7 Å². The summed E-state index contributed by atoms with van der Waals surface area (Å²) in [5.74, 6) is -5.40. The fraction of sp³-hybridized carbons (Fsp3) is 0.486. The number of carboxylic acids is 1. The summed E-state index contributed by atoms with van der Waals surface area (Å²) in [5, 5.41) is 9.33. The van der Waals surface area contributed by atoms with Crippen LogP contribution in [0.2, 0.25) is 0 Å². The molecule has 3 aliphatic rings. The molecule has 1 aliphatic heterocycles. The SMILES string of the molecule is CN(CC(=O)O)C(=O)[C@H](CC1CCC(F)(F)CC1)N1CCC=CC[C@H](N(C)C(=O)OCC2c3ccccc3-c3ccccc32)C1=O. The maximum Gasteiger partial charge on any atom is 0.410 e. The highest BCUT2D eigenvalue weighted by molar-refractivity contribution is 5.92. The molecule has 2 aromatic rings. The first-order valence-corrected chi connectivity index (χ1v) is 15.8. The molecule has 2 aromatic carbocycles. The Morgan fingerprint density at radius 1 is 1.00 bits per heavy atom. The largest absolute Gasteiger partial charge is 0.480 e. The van der Waals surface area contributed by atoms with E-state index in [0.29, 0.717) is 6.42 Å². The van der Waals surface area contributed by atoms with Gasteiger partial charge in [0.15, 0.2) is 0 Å². The van der Waals surface area contributed by atoms with E-state index in [4.69, 9.17) is 4.74 Å². The van der Waals surface area contributed by atoms with Crippen LogP contribution in [0.25, 0.3) is 11.1 Å². The van der Waals surface area contributed by atoms with Crippen LogP contribution >= 0.6 is 0 Å². The third-order valence-electron chi connectivity index (χ3n) is 9.53. The molecule has 2 atom stereocenters. The molecule has 11 heteroatoms. The quantitative estimate of drug-likeness (QED) is 0.362. The maximum absolute atomic E-state index is 14.2. The van der Waals surface area contributed by atoms with Crippen molar-refractivity contribution in [3.8, 4) is 11.1 Å². The van der Waals surface area contributed by atoms with Crippen LogP contribution in [0.15, 0.2) is 60.7 Å². The fourth-order valence-electron chi connectivity index (χ4n) is 6.96. The smallest absolute Gasteiger partial charge is 0.410 e. The van der Waals surface area contributed by atoms with Gasteiger partial charge in [-0.25, -0.2) is 13.6 Å². The van der Waals surface area contributed by atoms with E-state index in [2.05, 4.69) is 0 Å². The van der Waals surface area contributed by atoms with Crippen LogP contribution in [-0.2, 0) is 19.1 Å². The molecule has 0 aromatic heterocycles. The lowest BCUT2D eigenvalue weighted by Crippen LogP contribution is -2.57. The summed E-state index contributed by atoms with van der Waals surface area (Å²) in [6.07, 6.45) is 3.59. The molecule has 0 bridgehead atoms. The van der Waals surface area contributed by atoms with Crippen LogP contribution in [-0.4, -0.2) is 95.5 Å². The van der Waals surface area contributed by atoms with Crippen LogP contribution in [0.3, 0.4) is 0 Å². The molecule has 1 N–H and O–H groups in total. The van der Waals surface area contributed by atoms with E-state index in [0.717, 1.165) is 27.2 Å². The molecule has 2 aliphatic carbocycles. The molecular formula is C35H41F2N3O6. The van der Waals surface area contributed by atoms with Gasteiger partial charge in [0.2, 0.25) is 17.7 Å². The predicted octanol–water partition coefficient (Wildman–Crippen LogP) is 5.54. The molecule has 0 saturated heterocycles. The second-order valence-electron chi connectivity index (χ2n) is 12.6. The molecule has 0 unspecified atom stereocenters. The molecule has 246 valence electrons. The maximum atomic E-state index is 14.2. The van der Waals surface area contributed by atoms with E-state index in [1.165, 1.54) is 23.9 Å². The van der Waals surface area contributed by atoms with Crippen molar-refractivity contribution in [2.75, 3.05) is 33.8 Å². The number of hydrogen-bond acceptors (Lipinski definition) is 5. The molecule has 1 saturated carbocycles. The molecule has 0 spiro atoms. The summed E-state index contributed by atoms with van der Waals surface area (Å²) >= 11 is 0. The van der Waals surface area contributed by atoms with E-state index in [1.807, 2.05) is 60.7 Å². The zero-order chi connectivity index (χ0) is 33.0. The van der Waals surface area contributed by atoms with Gasteiger partial charge in [0.05, 0.1) is 0 Å². The van der Waals surface area contributed by atoms with Crippen molar-refractivity contribution in [2.45, 2.75) is 68.9 Å². The minimum atomic E-state index is -2.76. The lowest BCUT2D eigenvalue weighted by molar-refractivity contribution is -0.151. The molecule has 1 heterocycles. The van der Waals surface area contributed by atoms with Crippen molar-refractivity contribution in [1.29, 1.82) is 0 Å². The first-order chi connectivity index (χ1) is 22.0. The highest BCUT2D eigenvalue weighted by atomic mass is 19.3. The lowest BCUT2D eigenvalue weighted by Gasteiger charge is -2.40. The van der Waals surface area contributed by atoms with Gasteiger partial charge >= 0.3 is 12.1 Å². The van der Waals surface area contributed by atoms with Gasteiger partial charge in [0.25, 0.3) is 0 Å². The zero-order valence-electron chi connectivity index (χ0n) is 26.2. The van der Waals surface area contributed by atoms with Gasteiger partial charge in [0.1, 0.15) is 25.2 Å². The van der Waals surface area contributed by atoms with Gasteiger partial charge in [-0.15, -0.1) is 0 Å². The number of nitrogens with zero attached hydrogens (tertiary/aromatic N) is 3. The van der Waals surface area contributed by atoms with E-state index in [-0.39, 0.29) is 63.5 Å². The van der Waals surface area contributed by atoms with E-state index in [9.17, 15) is 33.1 Å². The molecular weight excluding hydrogens is 596 g/mol. The normalized spacial score (nSPS) is 20.2. The number of halogens is 2. The summed E-state index contributed by atoms with van der Waals surface area (Å²) in [6.45, 7) is -0.335. The van der Waals surface area contributed by atoms with Gasteiger partial charge in [-0.1, -0.05) is 60.7 Å². The highest BCUT2D eigenvalue weighted by Crippen LogP contribution is 2.44. The number of hydrogen-bond donors (Lipinski definition) is 1. The van der Waals surface area contributed by atoms with Crippen LogP contribution in [0.4, 0.5) is 13.6 Å². The van der Waals surface area contributed by atoms with Gasteiger partial charge in [0, 0.05) is 39.4 Å².